The van der Waals surface area contributed by atoms with Crippen molar-refractivity contribution in [1.82, 2.24) is 10.2 Å². The normalized spacial score (nSPS) is 12.5. The Morgan fingerprint density at radius 3 is 2.00 bits per heavy atom. The number of benzene rings is 3. The van der Waals surface area contributed by atoms with Crippen LogP contribution in [-0.4, -0.2) is 43.3 Å². The predicted octanol–water partition coefficient (Wildman–Crippen LogP) is 5.79. The highest BCUT2D eigenvalue weighted by atomic mass is 35.5. The minimum absolute atomic E-state index is 0.0499. The molecule has 1 N–H and O–H groups in total. The largest absolute Gasteiger partial charge is 0.350 e. The third-order valence-electron chi connectivity index (χ3n) is 6.47. The van der Waals surface area contributed by atoms with Crippen molar-refractivity contribution < 1.29 is 18.0 Å². The molecule has 0 aliphatic carbocycles. The van der Waals surface area contributed by atoms with Gasteiger partial charge in [0, 0.05) is 17.1 Å². The van der Waals surface area contributed by atoms with Gasteiger partial charge in [0.15, 0.2) is 0 Å². The van der Waals surface area contributed by atoms with Crippen molar-refractivity contribution in [1.29, 1.82) is 0 Å². The van der Waals surface area contributed by atoms with Crippen molar-refractivity contribution in [3.05, 3.63) is 94.0 Å². The average molecular weight is 584 g/mol. The molecule has 7 nitrogen and oxygen atoms in total. The Bertz CT molecular complexity index is 1460. The lowest BCUT2D eigenvalue weighted by Gasteiger charge is -2.34. The molecule has 0 spiro atoms. The summed E-state index contributed by atoms with van der Waals surface area (Å²) in [5.41, 5.74) is 3.21. The van der Waals surface area contributed by atoms with Crippen molar-refractivity contribution in [3.8, 4) is 0 Å². The molecule has 0 saturated heterocycles. The molecule has 0 saturated carbocycles. The van der Waals surface area contributed by atoms with Crippen molar-refractivity contribution in [2.24, 2.45) is 0 Å². The van der Waals surface area contributed by atoms with Crippen molar-refractivity contribution in [2.75, 3.05) is 10.8 Å². The van der Waals surface area contributed by atoms with Crippen molar-refractivity contribution >= 4 is 39.1 Å². The Labute approximate surface area is 243 Å². The average Bonchev–Trinajstić information content (AvgIpc) is 2.87. The number of rotatable bonds is 9. The molecular weight excluding hydrogens is 546 g/mol. The maximum atomic E-state index is 14.0. The number of halogens is 1. The lowest BCUT2D eigenvalue weighted by molar-refractivity contribution is -0.140. The van der Waals surface area contributed by atoms with Crippen LogP contribution in [0.2, 0.25) is 5.02 Å². The monoisotopic (exact) mass is 583 g/mol. The van der Waals surface area contributed by atoms with E-state index in [9.17, 15) is 18.0 Å². The smallest absolute Gasteiger partial charge is 0.264 e. The van der Waals surface area contributed by atoms with Crippen molar-refractivity contribution in [3.63, 3.8) is 0 Å². The van der Waals surface area contributed by atoms with E-state index in [1.807, 2.05) is 58.9 Å². The predicted molar refractivity (Wildman–Crippen MR) is 161 cm³/mol. The van der Waals surface area contributed by atoms with Gasteiger partial charge in [-0.1, -0.05) is 65.2 Å². The lowest BCUT2D eigenvalue weighted by Crippen LogP contribution is -2.54. The van der Waals surface area contributed by atoms with Crippen LogP contribution in [0.15, 0.2) is 71.6 Å². The summed E-state index contributed by atoms with van der Waals surface area (Å²) < 4.78 is 29.1. The Morgan fingerprint density at radius 1 is 0.900 bits per heavy atom. The second-order valence-electron chi connectivity index (χ2n) is 11.2. The first-order valence-corrected chi connectivity index (χ1v) is 14.9. The molecule has 3 aromatic rings. The number of nitrogens with zero attached hydrogens (tertiary/aromatic N) is 2. The van der Waals surface area contributed by atoms with Crippen LogP contribution in [0, 0.1) is 20.8 Å². The third-order valence-corrected chi connectivity index (χ3v) is 8.48. The van der Waals surface area contributed by atoms with Gasteiger partial charge in [0.25, 0.3) is 10.0 Å². The van der Waals surface area contributed by atoms with E-state index >= 15 is 0 Å². The van der Waals surface area contributed by atoms with Gasteiger partial charge in [-0.2, -0.15) is 0 Å². The number of nitrogens with one attached hydrogen (secondary N) is 1. The fourth-order valence-electron chi connectivity index (χ4n) is 4.15. The highest BCUT2D eigenvalue weighted by molar-refractivity contribution is 7.92. The van der Waals surface area contributed by atoms with E-state index in [0.29, 0.717) is 16.3 Å². The van der Waals surface area contributed by atoms with Crippen molar-refractivity contribution in [2.45, 2.75) is 71.5 Å². The zero-order chi connectivity index (χ0) is 29.8. The third kappa shape index (κ3) is 7.86. The first kappa shape index (κ1) is 31.2. The Kier molecular flexibility index (Phi) is 9.69. The molecule has 3 aromatic carbocycles. The van der Waals surface area contributed by atoms with Crippen LogP contribution in [0.3, 0.4) is 0 Å². The maximum Gasteiger partial charge on any atom is 0.264 e. The minimum Gasteiger partial charge on any atom is -0.350 e. The van der Waals surface area contributed by atoms with Gasteiger partial charge in [0.1, 0.15) is 12.6 Å². The molecule has 40 heavy (non-hydrogen) atoms. The zero-order valence-corrected chi connectivity index (χ0v) is 25.7. The standard InChI is InChI=1S/C31H38ClN3O4S/c1-21-8-13-25(14-9-21)19-34(24(4)30(37)33-31(5,6)7)29(36)20-35(28-18-26(32)15-12-23(28)3)40(38,39)27-16-10-22(2)11-17-27/h8-18,24H,19-20H2,1-7H3,(H,33,37)/t24-/m0/s1. The van der Waals surface area contributed by atoms with Crippen LogP contribution >= 0.6 is 11.6 Å². The molecule has 0 bridgehead atoms. The van der Waals surface area contributed by atoms with Gasteiger partial charge in [0.05, 0.1) is 10.6 Å². The number of carbonyl (C=O) groups is 2. The Balaban J connectivity index is 2.08. The van der Waals surface area contributed by atoms with E-state index in [2.05, 4.69) is 5.32 Å². The summed E-state index contributed by atoms with van der Waals surface area (Å²) >= 11 is 6.28. The Hall–Kier alpha value is -3.36. The number of hydrogen-bond donors (Lipinski definition) is 1. The zero-order valence-electron chi connectivity index (χ0n) is 24.2. The van der Waals surface area contributed by atoms with Crippen LogP contribution in [-0.2, 0) is 26.2 Å². The highest BCUT2D eigenvalue weighted by Crippen LogP contribution is 2.30. The van der Waals surface area contributed by atoms with Gasteiger partial charge >= 0.3 is 0 Å². The van der Waals surface area contributed by atoms with E-state index in [1.54, 1.807) is 38.1 Å². The molecule has 2 amide bonds. The number of carbonyl (C=O) groups excluding carboxylic acids is 2. The molecule has 0 aromatic heterocycles. The summed E-state index contributed by atoms with van der Waals surface area (Å²) in [4.78, 5) is 28.7. The number of aryl methyl sites for hydroxylation is 3. The summed E-state index contributed by atoms with van der Waals surface area (Å²) in [7, 11) is -4.17. The molecule has 1 atom stereocenters. The van der Waals surface area contributed by atoms with Gasteiger partial charge < -0.3 is 10.2 Å². The maximum absolute atomic E-state index is 14.0. The summed E-state index contributed by atoms with van der Waals surface area (Å²) in [5.74, 6) is -0.855. The van der Waals surface area contributed by atoms with Crippen LogP contribution in [0.25, 0.3) is 0 Å². The van der Waals surface area contributed by atoms with E-state index in [1.165, 1.54) is 23.1 Å². The van der Waals surface area contributed by atoms with Crippen LogP contribution in [0.4, 0.5) is 5.69 Å². The molecule has 0 radical (unpaired) electrons. The molecule has 0 aliphatic rings. The molecule has 0 fully saturated rings. The van der Waals surface area contributed by atoms with Gasteiger partial charge in [-0.25, -0.2) is 8.42 Å². The fourth-order valence-corrected chi connectivity index (χ4v) is 5.79. The summed E-state index contributed by atoms with van der Waals surface area (Å²) in [5, 5.41) is 3.27. The van der Waals surface area contributed by atoms with Gasteiger partial charge in [-0.05, 0) is 83.9 Å². The second kappa shape index (κ2) is 12.4. The van der Waals surface area contributed by atoms with E-state index in [0.717, 1.165) is 21.0 Å². The molecule has 3 rings (SSSR count). The number of amides is 2. The Morgan fingerprint density at radius 2 is 1.45 bits per heavy atom. The topological polar surface area (TPSA) is 86.8 Å². The molecular formula is C31H38ClN3O4S. The summed E-state index contributed by atoms with van der Waals surface area (Å²) in [6.45, 7) is 12.4. The molecule has 0 unspecified atom stereocenters. The first-order valence-electron chi connectivity index (χ1n) is 13.1. The van der Waals surface area contributed by atoms with E-state index < -0.39 is 34.1 Å². The number of hydrogen-bond acceptors (Lipinski definition) is 4. The molecule has 214 valence electrons. The summed E-state index contributed by atoms with van der Waals surface area (Å²) in [6, 6.07) is 18.2. The van der Waals surface area contributed by atoms with Gasteiger partial charge in [-0.3, -0.25) is 13.9 Å². The lowest BCUT2D eigenvalue weighted by atomic mass is 10.1. The van der Waals surface area contributed by atoms with Gasteiger partial charge in [0.2, 0.25) is 11.8 Å². The van der Waals surface area contributed by atoms with Crippen LogP contribution in [0.1, 0.15) is 49.9 Å². The first-order chi connectivity index (χ1) is 18.6. The van der Waals surface area contributed by atoms with E-state index in [-0.39, 0.29) is 17.3 Å². The summed E-state index contributed by atoms with van der Waals surface area (Å²) in [6.07, 6.45) is 0. The van der Waals surface area contributed by atoms with Gasteiger partial charge in [-0.15, -0.1) is 0 Å². The molecule has 0 heterocycles. The second-order valence-corrected chi connectivity index (χ2v) is 13.5. The SMILES string of the molecule is Cc1ccc(CN(C(=O)CN(c2cc(Cl)ccc2C)S(=O)(=O)c2ccc(C)cc2)[C@@H](C)C(=O)NC(C)(C)C)cc1. The number of sulfonamides is 1. The van der Waals surface area contributed by atoms with Crippen LogP contribution in [0.5, 0.6) is 0 Å². The quantitative estimate of drug-likeness (QED) is 0.345. The minimum atomic E-state index is -4.17. The van der Waals surface area contributed by atoms with Crippen LogP contribution < -0.4 is 9.62 Å². The highest BCUT2D eigenvalue weighted by Gasteiger charge is 2.34. The van der Waals surface area contributed by atoms with E-state index in [4.69, 9.17) is 11.6 Å². The molecule has 9 heteroatoms. The fraction of sp³-hybridized carbons (Fsp3) is 0.355. The molecule has 0 aliphatic heterocycles. The number of anilines is 1.